The van der Waals surface area contributed by atoms with Crippen LogP contribution in [0.4, 0.5) is 8.78 Å². The second-order valence-electron chi connectivity index (χ2n) is 6.05. The van der Waals surface area contributed by atoms with Crippen molar-refractivity contribution in [3.63, 3.8) is 0 Å². The number of benzene rings is 1. The third-order valence-electron chi connectivity index (χ3n) is 4.08. The molecule has 1 saturated heterocycles. The number of aliphatic hydroxyl groups is 1. The van der Waals surface area contributed by atoms with Crippen LogP contribution in [0.15, 0.2) is 18.2 Å². The molecule has 24 heavy (non-hydrogen) atoms. The van der Waals surface area contributed by atoms with Gasteiger partial charge >= 0.3 is 0 Å². The predicted octanol–water partition coefficient (Wildman–Crippen LogP) is 1.70. The Morgan fingerprint density at radius 1 is 1.38 bits per heavy atom. The van der Waals surface area contributed by atoms with E-state index in [9.17, 15) is 18.7 Å². The molecule has 0 spiro atoms. The van der Waals surface area contributed by atoms with E-state index in [4.69, 9.17) is 4.74 Å². The summed E-state index contributed by atoms with van der Waals surface area (Å²) in [5.74, 6) is -2.14. The van der Waals surface area contributed by atoms with Crippen LogP contribution in [0.1, 0.15) is 26.2 Å². The second kappa shape index (κ2) is 8.94. The van der Waals surface area contributed by atoms with Crippen molar-refractivity contribution in [3.8, 4) is 5.75 Å². The first kappa shape index (κ1) is 18.6. The van der Waals surface area contributed by atoms with E-state index in [-0.39, 0.29) is 17.8 Å². The zero-order valence-electron chi connectivity index (χ0n) is 13.8. The lowest BCUT2D eigenvalue weighted by molar-refractivity contribution is -0.127. The van der Waals surface area contributed by atoms with E-state index in [0.29, 0.717) is 6.54 Å². The lowest BCUT2D eigenvalue weighted by Gasteiger charge is -2.29. The van der Waals surface area contributed by atoms with Crippen LogP contribution < -0.4 is 10.1 Å². The summed E-state index contributed by atoms with van der Waals surface area (Å²) >= 11 is 0. The molecule has 0 aliphatic carbocycles. The van der Waals surface area contributed by atoms with Gasteiger partial charge in [0.1, 0.15) is 5.75 Å². The van der Waals surface area contributed by atoms with Crippen LogP contribution in [0.3, 0.4) is 0 Å². The Morgan fingerprint density at radius 3 is 2.75 bits per heavy atom. The molecular weight excluding hydrogens is 318 g/mol. The van der Waals surface area contributed by atoms with Gasteiger partial charge in [-0.15, -0.1) is 0 Å². The normalized spacial score (nSPS) is 17.5. The molecule has 5 nitrogen and oxygen atoms in total. The lowest BCUT2D eigenvalue weighted by Crippen LogP contribution is -2.39. The molecule has 1 unspecified atom stereocenters. The Labute approximate surface area is 140 Å². The van der Waals surface area contributed by atoms with E-state index in [1.807, 2.05) is 0 Å². The fourth-order valence-electron chi connectivity index (χ4n) is 2.61. The average Bonchev–Trinajstić information content (AvgIpc) is 2.56. The molecule has 0 bridgehead atoms. The largest absolute Gasteiger partial charge is 0.481 e. The number of nitrogens with zero attached hydrogens (tertiary/aromatic N) is 1. The molecule has 1 amide bonds. The molecule has 1 fully saturated rings. The van der Waals surface area contributed by atoms with E-state index in [1.165, 1.54) is 6.07 Å². The zero-order chi connectivity index (χ0) is 17.5. The number of aliphatic hydroxyl groups excluding tert-OH is 1. The summed E-state index contributed by atoms with van der Waals surface area (Å²) in [4.78, 5) is 14.2. The van der Waals surface area contributed by atoms with Gasteiger partial charge < -0.3 is 20.1 Å². The van der Waals surface area contributed by atoms with Gasteiger partial charge in [0.2, 0.25) is 0 Å². The number of carbonyl (C=O) groups is 1. The monoisotopic (exact) mass is 342 g/mol. The molecule has 1 atom stereocenters. The number of nitrogens with one attached hydrogen (secondary N) is 1. The molecule has 0 radical (unpaired) electrons. The van der Waals surface area contributed by atoms with Crippen LogP contribution in [0.25, 0.3) is 0 Å². The van der Waals surface area contributed by atoms with Crippen molar-refractivity contribution in [3.05, 3.63) is 29.8 Å². The van der Waals surface area contributed by atoms with Crippen molar-refractivity contribution in [1.29, 1.82) is 0 Å². The Balaban J connectivity index is 1.65. The van der Waals surface area contributed by atoms with Crippen molar-refractivity contribution < 1.29 is 23.4 Å². The van der Waals surface area contributed by atoms with Gasteiger partial charge in [0.05, 0.1) is 6.10 Å². The van der Waals surface area contributed by atoms with E-state index in [0.717, 1.165) is 51.0 Å². The molecule has 1 heterocycles. The topological polar surface area (TPSA) is 61.8 Å². The van der Waals surface area contributed by atoms with Crippen molar-refractivity contribution in [2.45, 2.75) is 38.4 Å². The summed E-state index contributed by atoms with van der Waals surface area (Å²) in [7, 11) is 0. The predicted molar refractivity (Wildman–Crippen MR) is 85.8 cm³/mol. The molecule has 2 rings (SSSR count). The minimum Gasteiger partial charge on any atom is -0.481 e. The van der Waals surface area contributed by atoms with Crippen LogP contribution in [-0.2, 0) is 4.79 Å². The van der Waals surface area contributed by atoms with Gasteiger partial charge in [0.15, 0.2) is 17.7 Å². The zero-order valence-corrected chi connectivity index (χ0v) is 13.8. The standard InChI is InChI=1S/C17H24F2N2O3/c1-12(24-14-3-4-15(18)16(19)11-14)17(23)20-7-2-8-21-9-5-13(22)6-10-21/h3-4,11-13,22H,2,5-10H2,1H3,(H,20,23). The number of hydrogen-bond acceptors (Lipinski definition) is 4. The van der Waals surface area contributed by atoms with Gasteiger partial charge in [-0.3, -0.25) is 4.79 Å². The molecule has 1 aromatic rings. The van der Waals surface area contributed by atoms with Crippen LogP contribution in [0, 0.1) is 11.6 Å². The molecule has 1 aromatic carbocycles. The number of halogens is 2. The van der Waals surface area contributed by atoms with Crippen LogP contribution in [0.2, 0.25) is 0 Å². The van der Waals surface area contributed by atoms with Gasteiger partial charge in [0, 0.05) is 25.7 Å². The number of carbonyl (C=O) groups excluding carboxylic acids is 1. The van der Waals surface area contributed by atoms with Gasteiger partial charge in [-0.2, -0.15) is 0 Å². The number of likely N-dealkylation sites (tertiary alicyclic amines) is 1. The molecule has 1 aliphatic heterocycles. The number of ether oxygens (including phenoxy) is 1. The van der Waals surface area contributed by atoms with E-state index >= 15 is 0 Å². The first-order valence-corrected chi connectivity index (χ1v) is 8.25. The molecule has 2 N–H and O–H groups in total. The van der Waals surface area contributed by atoms with Gasteiger partial charge in [-0.25, -0.2) is 8.78 Å². The molecule has 0 saturated carbocycles. The van der Waals surface area contributed by atoms with Gasteiger partial charge in [-0.05, 0) is 44.9 Å². The molecule has 7 heteroatoms. The summed E-state index contributed by atoms with van der Waals surface area (Å²) in [6.45, 7) is 4.70. The van der Waals surface area contributed by atoms with Crippen LogP contribution >= 0.6 is 0 Å². The fourth-order valence-corrected chi connectivity index (χ4v) is 2.61. The maximum absolute atomic E-state index is 13.1. The Morgan fingerprint density at radius 2 is 2.08 bits per heavy atom. The molecule has 0 aromatic heterocycles. The van der Waals surface area contributed by atoms with Crippen molar-refractivity contribution in [2.75, 3.05) is 26.2 Å². The molecular formula is C17H24F2N2O3. The van der Waals surface area contributed by atoms with Gasteiger partial charge in [0.25, 0.3) is 5.91 Å². The number of piperidine rings is 1. The molecule has 1 aliphatic rings. The third kappa shape index (κ3) is 5.72. The summed E-state index contributed by atoms with van der Waals surface area (Å²) in [5.41, 5.74) is 0. The Kier molecular flexibility index (Phi) is 6.93. The average molecular weight is 342 g/mol. The minimum absolute atomic E-state index is 0.114. The van der Waals surface area contributed by atoms with Crippen LogP contribution in [0.5, 0.6) is 5.75 Å². The molecule has 134 valence electrons. The second-order valence-corrected chi connectivity index (χ2v) is 6.05. The van der Waals surface area contributed by atoms with E-state index in [2.05, 4.69) is 10.2 Å². The summed E-state index contributed by atoms with van der Waals surface area (Å²) in [6.07, 6.45) is 1.42. The summed E-state index contributed by atoms with van der Waals surface area (Å²) in [6, 6.07) is 3.17. The SMILES string of the molecule is CC(Oc1ccc(F)c(F)c1)C(=O)NCCCN1CCC(O)CC1. The summed E-state index contributed by atoms with van der Waals surface area (Å²) in [5, 5.41) is 12.2. The Bertz CT molecular complexity index is 549. The van der Waals surface area contributed by atoms with Crippen LogP contribution in [-0.4, -0.2) is 54.3 Å². The Hall–Kier alpha value is -1.73. The first-order chi connectivity index (χ1) is 11.5. The van der Waals surface area contributed by atoms with E-state index in [1.54, 1.807) is 6.92 Å². The highest BCUT2D eigenvalue weighted by Crippen LogP contribution is 2.16. The van der Waals surface area contributed by atoms with Crippen molar-refractivity contribution in [2.24, 2.45) is 0 Å². The quantitative estimate of drug-likeness (QED) is 0.741. The van der Waals surface area contributed by atoms with Gasteiger partial charge in [-0.1, -0.05) is 0 Å². The maximum Gasteiger partial charge on any atom is 0.260 e. The lowest BCUT2D eigenvalue weighted by atomic mass is 10.1. The van der Waals surface area contributed by atoms with Crippen molar-refractivity contribution in [1.82, 2.24) is 10.2 Å². The highest BCUT2D eigenvalue weighted by Gasteiger charge is 2.17. The fraction of sp³-hybridized carbons (Fsp3) is 0.588. The first-order valence-electron chi connectivity index (χ1n) is 8.25. The minimum atomic E-state index is -1.01. The summed E-state index contributed by atoms with van der Waals surface area (Å²) < 4.78 is 31.3. The number of rotatable bonds is 7. The highest BCUT2D eigenvalue weighted by molar-refractivity contribution is 5.80. The van der Waals surface area contributed by atoms with E-state index < -0.39 is 17.7 Å². The number of amides is 1. The van der Waals surface area contributed by atoms with Crippen molar-refractivity contribution >= 4 is 5.91 Å². The third-order valence-corrected chi connectivity index (χ3v) is 4.08. The smallest absolute Gasteiger partial charge is 0.260 e. The highest BCUT2D eigenvalue weighted by atomic mass is 19.2. The maximum atomic E-state index is 13.1. The number of hydrogen-bond donors (Lipinski definition) is 2.